The maximum Gasteiger partial charge on any atom is 0.350 e. The minimum atomic E-state index is -3.38. The number of nitrogens with one attached hydrogen (secondary N) is 1. The first-order chi connectivity index (χ1) is 21.5. The lowest BCUT2D eigenvalue weighted by Gasteiger charge is -2.46. The lowest BCUT2D eigenvalue weighted by molar-refractivity contribution is 0.181. The molecule has 0 unspecified atom stereocenters. The van der Waals surface area contributed by atoms with Gasteiger partial charge in [0.25, 0.3) is 0 Å². The zero-order valence-corrected chi connectivity index (χ0v) is 26.9. The highest BCUT2D eigenvalue weighted by Crippen LogP contribution is 2.43. The molecule has 3 aliphatic rings. The van der Waals surface area contributed by atoms with Gasteiger partial charge in [-0.25, -0.2) is 17.6 Å². The molecule has 1 saturated carbocycles. The first-order valence-electron chi connectivity index (χ1n) is 15.8. The molecule has 2 fully saturated rings. The van der Waals surface area contributed by atoms with Crippen molar-refractivity contribution in [3.8, 4) is 16.9 Å². The number of urea groups is 1. The normalized spacial score (nSPS) is 19.0. The van der Waals surface area contributed by atoms with Gasteiger partial charge >= 0.3 is 6.03 Å². The molecule has 2 amide bonds. The Morgan fingerprint density at radius 1 is 1.02 bits per heavy atom. The maximum absolute atomic E-state index is 15.0. The molecular weight excluding hydrogens is 591 g/mol. The number of likely N-dealkylation sites (tertiary alicyclic amines) is 1. The molecule has 0 atom stereocenters. The van der Waals surface area contributed by atoms with Crippen LogP contribution in [0.15, 0.2) is 76.6 Å². The number of halogens is 1. The zero-order valence-electron chi connectivity index (χ0n) is 26.1. The van der Waals surface area contributed by atoms with Gasteiger partial charge in [-0.2, -0.15) is 4.99 Å². The summed E-state index contributed by atoms with van der Waals surface area (Å²) in [5.74, 6) is 1.07. The van der Waals surface area contributed by atoms with E-state index in [-0.39, 0.29) is 17.0 Å². The molecule has 0 bridgehead atoms. The van der Waals surface area contributed by atoms with E-state index < -0.39 is 27.2 Å². The van der Waals surface area contributed by atoms with E-state index in [1.165, 1.54) is 12.1 Å². The number of amidine groups is 1. The van der Waals surface area contributed by atoms with Crippen LogP contribution in [-0.2, 0) is 16.4 Å². The highest BCUT2D eigenvalue weighted by Gasteiger charge is 2.53. The van der Waals surface area contributed by atoms with Crippen LogP contribution in [0.4, 0.5) is 14.9 Å². The first-order valence-corrected chi connectivity index (χ1v) is 17.7. The van der Waals surface area contributed by atoms with E-state index in [4.69, 9.17) is 4.74 Å². The van der Waals surface area contributed by atoms with Gasteiger partial charge in [0.1, 0.15) is 22.9 Å². The number of rotatable bonds is 8. The minimum absolute atomic E-state index is 0.0939. The summed E-state index contributed by atoms with van der Waals surface area (Å²) in [6.07, 6.45) is 6.85. The number of hydrogen-bond acceptors (Lipinski definition) is 6. The summed E-state index contributed by atoms with van der Waals surface area (Å²) in [5, 5.41) is 3.65. The Bertz CT molecular complexity index is 1690. The molecular formula is C35H41FN4O4S. The van der Waals surface area contributed by atoms with E-state index in [0.29, 0.717) is 35.5 Å². The third-order valence-corrected chi connectivity index (χ3v) is 10.2. The van der Waals surface area contributed by atoms with Gasteiger partial charge in [-0.1, -0.05) is 37.1 Å². The smallest absolute Gasteiger partial charge is 0.350 e. The largest absolute Gasteiger partial charge is 0.491 e. The van der Waals surface area contributed by atoms with E-state index in [0.717, 1.165) is 62.9 Å². The molecule has 1 saturated heterocycles. The van der Waals surface area contributed by atoms with Crippen LogP contribution in [0.2, 0.25) is 0 Å². The number of anilines is 1. The zero-order chi connectivity index (χ0) is 31.8. The van der Waals surface area contributed by atoms with Crippen molar-refractivity contribution in [2.45, 2.75) is 81.5 Å². The van der Waals surface area contributed by atoms with Crippen LogP contribution >= 0.6 is 0 Å². The number of hydrogen-bond donors (Lipinski definition) is 1. The number of amides is 2. The fourth-order valence-electron chi connectivity index (χ4n) is 6.91. The van der Waals surface area contributed by atoms with Crippen LogP contribution in [-0.4, -0.2) is 62.2 Å². The minimum Gasteiger partial charge on any atom is -0.491 e. The molecule has 3 aromatic carbocycles. The van der Waals surface area contributed by atoms with Gasteiger partial charge in [0.15, 0.2) is 9.84 Å². The van der Waals surface area contributed by atoms with E-state index in [1.807, 2.05) is 26.0 Å². The Labute approximate surface area is 265 Å². The van der Waals surface area contributed by atoms with E-state index in [1.54, 1.807) is 35.2 Å². The second-order valence-corrected chi connectivity index (χ2v) is 14.8. The molecule has 1 aliphatic carbocycles. The van der Waals surface area contributed by atoms with Gasteiger partial charge in [0.05, 0.1) is 16.7 Å². The Kier molecular flexibility index (Phi) is 8.72. The molecule has 2 aliphatic heterocycles. The van der Waals surface area contributed by atoms with Crippen molar-refractivity contribution in [1.29, 1.82) is 0 Å². The molecule has 2 heterocycles. The second kappa shape index (κ2) is 12.6. The van der Waals surface area contributed by atoms with Crippen LogP contribution in [0.25, 0.3) is 11.1 Å². The quantitative estimate of drug-likeness (QED) is 0.301. The topological polar surface area (TPSA) is 91.3 Å². The molecule has 1 N–H and O–H groups in total. The van der Waals surface area contributed by atoms with Crippen molar-refractivity contribution in [1.82, 2.24) is 10.2 Å². The van der Waals surface area contributed by atoms with Crippen LogP contribution in [0, 0.1) is 5.82 Å². The van der Waals surface area contributed by atoms with Crippen molar-refractivity contribution >= 4 is 27.4 Å². The molecule has 45 heavy (non-hydrogen) atoms. The Balaban J connectivity index is 1.32. The highest BCUT2D eigenvalue weighted by molar-refractivity contribution is 7.90. The van der Waals surface area contributed by atoms with Crippen molar-refractivity contribution in [3.05, 3.63) is 78.1 Å². The van der Waals surface area contributed by atoms with Crippen molar-refractivity contribution in [2.75, 3.05) is 24.2 Å². The first kappa shape index (κ1) is 31.2. The Morgan fingerprint density at radius 3 is 2.40 bits per heavy atom. The van der Waals surface area contributed by atoms with Gasteiger partial charge in [-0.05, 0) is 93.1 Å². The van der Waals surface area contributed by atoms with Crippen LogP contribution in [0.3, 0.4) is 0 Å². The Morgan fingerprint density at radius 2 is 1.73 bits per heavy atom. The fraction of sp³-hybridized carbons (Fsp3) is 0.429. The number of carbonyl (C=O) groups is 1. The SMILES string of the molecule is CC(C)Oc1cccc(CN2CCC3(CC2)C(NC2CCCC2)=NC(=O)N3c2cc(F)ccc2-c2ccc(S(C)(=O)=O)cc2)c1. The average molecular weight is 633 g/mol. The summed E-state index contributed by atoms with van der Waals surface area (Å²) in [4.78, 5) is 22.8. The van der Waals surface area contributed by atoms with E-state index in [9.17, 15) is 17.6 Å². The van der Waals surface area contributed by atoms with E-state index >= 15 is 0 Å². The summed E-state index contributed by atoms with van der Waals surface area (Å²) in [6, 6.07) is 18.9. The van der Waals surface area contributed by atoms with E-state index in [2.05, 4.69) is 27.3 Å². The molecule has 0 aromatic heterocycles. The molecule has 6 rings (SSSR count). The van der Waals surface area contributed by atoms with Crippen LogP contribution < -0.4 is 15.0 Å². The van der Waals surface area contributed by atoms with Gasteiger partial charge in [-0.3, -0.25) is 9.80 Å². The second-order valence-electron chi connectivity index (χ2n) is 12.8. The molecule has 10 heteroatoms. The number of piperidine rings is 1. The summed E-state index contributed by atoms with van der Waals surface area (Å²) >= 11 is 0. The van der Waals surface area contributed by atoms with Gasteiger partial charge in [0.2, 0.25) is 0 Å². The number of benzene rings is 3. The van der Waals surface area contributed by atoms with Crippen LogP contribution in [0.1, 0.15) is 57.9 Å². The summed E-state index contributed by atoms with van der Waals surface area (Å²) in [5.41, 5.74) is 2.18. The standard InChI is InChI=1S/C35H41FN4O4S/c1-24(2)44-29-10-6-7-25(21-29)23-39-19-17-35(18-20-39)33(37-28-8-4-5-9-28)38-34(41)40(35)32-22-27(36)13-16-31(32)26-11-14-30(15-12-26)45(3,42)43/h6-7,10-16,21-22,24,28H,4-5,8-9,17-20,23H2,1-3H3,(H,37,38,41). The molecule has 3 aromatic rings. The third kappa shape index (κ3) is 6.63. The molecule has 1 spiro atoms. The third-order valence-electron chi connectivity index (χ3n) is 9.12. The molecule has 8 nitrogen and oxygen atoms in total. The maximum atomic E-state index is 15.0. The summed E-state index contributed by atoms with van der Waals surface area (Å²) in [6.45, 7) is 6.22. The lowest BCUT2D eigenvalue weighted by Crippen LogP contribution is -2.61. The van der Waals surface area contributed by atoms with Crippen molar-refractivity contribution < 1.29 is 22.3 Å². The monoisotopic (exact) mass is 632 g/mol. The fourth-order valence-corrected chi connectivity index (χ4v) is 7.54. The Hall–Kier alpha value is -3.76. The van der Waals surface area contributed by atoms with Gasteiger partial charge in [0, 0.05) is 37.5 Å². The number of ether oxygens (including phenoxy) is 1. The number of aliphatic imine (C=N–C) groups is 1. The van der Waals surface area contributed by atoms with Crippen molar-refractivity contribution in [3.63, 3.8) is 0 Å². The van der Waals surface area contributed by atoms with Crippen LogP contribution in [0.5, 0.6) is 5.75 Å². The van der Waals surface area contributed by atoms with Gasteiger partial charge < -0.3 is 10.1 Å². The number of carbonyl (C=O) groups excluding carboxylic acids is 1. The predicted molar refractivity (Wildman–Crippen MR) is 175 cm³/mol. The lowest BCUT2D eigenvalue weighted by atomic mass is 9.83. The highest BCUT2D eigenvalue weighted by atomic mass is 32.2. The number of sulfone groups is 1. The summed E-state index contributed by atoms with van der Waals surface area (Å²) in [7, 11) is -3.38. The predicted octanol–water partition coefficient (Wildman–Crippen LogP) is 6.59. The van der Waals surface area contributed by atoms with Crippen molar-refractivity contribution in [2.24, 2.45) is 4.99 Å². The molecule has 0 radical (unpaired) electrons. The molecule has 238 valence electrons. The number of nitrogens with zero attached hydrogens (tertiary/aromatic N) is 3. The summed E-state index contributed by atoms with van der Waals surface area (Å²) < 4.78 is 45.1. The average Bonchev–Trinajstić information content (AvgIpc) is 3.59. The van der Waals surface area contributed by atoms with Gasteiger partial charge in [-0.15, -0.1) is 0 Å².